The molecule has 2 heterocycles. The molecule has 1 aromatic carbocycles. The topological polar surface area (TPSA) is 108 Å². The van der Waals surface area contributed by atoms with E-state index in [0.717, 1.165) is 11.3 Å². The summed E-state index contributed by atoms with van der Waals surface area (Å²) in [5.41, 5.74) is 1.60. The van der Waals surface area contributed by atoms with E-state index in [1.165, 1.54) is 6.33 Å². The van der Waals surface area contributed by atoms with Gasteiger partial charge in [0.25, 0.3) is 0 Å². The van der Waals surface area contributed by atoms with Gasteiger partial charge in [0.1, 0.15) is 6.33 Å². The van der Waals surface area contributed by atoms with Crippen LogP contribution in [0.4, 0.5) is 11.6 Å². The third kappa shape index (κ3) is 4.35. The molecule has 0 aliphatic rings. The first kappa shape index (κ1) is 15.6. The number of aromatic amines is 1. The average Bonchev–Trinajstić information content (AvgIpc) is 3.15. The molecule has 8 nitrogen and oxygen atoms in total. The van der Waals surface area contributed by atoms with Crippen molar-refractivity contribution in [3.05, 3.63) is 49.1 Å². The summed E-state index contributed by atoms with van der Waals surface area (Å²) in [6, 6.07) is 9.22. The number of anilines is 2. The third-order valence-corrected chi connectivity index (χ3v) is 3.26. The summed E-state index contributed by atoms with van der Waals surface area (Å²) >= 11 is 0. The van der Waals surface area contributed by atoms with Crippen LogP contribution in [0.1, 0.15) is 12.8 Å². The molecule has 2 aromatic heterocycles. The van der Waals surface area contributed by atoms with Gasteiger partial charge in [-0.05, 0) is 24.6 Å². The number of carbonyl (C=O) groups excluding carboxylic acids is 1. The van der Waals surface area contributed by atoms with E-state index in [0.29, 0.717) is 31.2 Å². The zero-order valence-corrected chi connectivity index (χ0v) is 12.9. The molecule has 0 saturated heterocycles. The summed E-state index contributed by atoms with van der Waals surface area (Å²) in [5, 5.41) is 12.6. The smallest absolute Gasteiger partial charge is 0.224 e. The predicted octanol–water partition coefficient (Wildman–Crippen LogP) is 2.09. The van der Waals surface area contributed by atoms with Gasteiger partial charge < -0.3 is 10.6 Å². The highest BCUT2D eigenvalue weighted by Gasteiger charge is 2.05. The minimum Gasteiger partial charge on any atom is -0.354 e. The third-order valence-electron chi connectivity index (χ3n) is 3.26. The highest BCUT2D eigenvalue weighted by Crippen LogP contribution is 2.18. The Balaban J connectivity index is 1.46. The van der Waals surface area contributed by atoms with Crippen molar-refractivity contribution in [3.63, 3.8) is 0 Å². The summed E-state index contributed by atoms with van der Waals surface area (Å²) in [7, 11) is 0. The molecule has 3 rings (SSSR count). The molecule has 0 atom stereocenters. The molecule has 0 radical (unpaired) electrons. The zero-order valence-electron chi connectivity index (χ0n) is 12.9. The van der Waals surface area contributed by atoms with Crippen LogP contribution >= 0.6 is 0 Å². The van der Waals surface area contributed by atoms with Gasteiger partial charge in [-0.15, -0.1) is 0 Å². The molecule has 1 amide bonds. The monoisotopic (exact) mass is 323 g/mol. The Morgan fingerprint density at radius 3 is 2.79 bits per heavy atom. The minimum absolute atomic E-state index is 0.0412. The van der Waals surface area contributed by atoms with Crippen LogP contribution in [0.3, 0.4) is 0 Å². The van der Waals surface area contributed by atoms with Gasteiger partial charge in [-0.2, -0.15) is 5.10 Å². The van der Waals surface area contributed by atoms with E-state index >= 15 is 0 Å². The van der Waals surface area contributed by atoms with E-state index in [-0.39, 0.29) is 5.91 Å². The predicted molar refractivity (Wildman–Crippen MR) is 90.2 cm³/mol. The first-order valence-electron chi connectivity index (χ1n) is 7.58. The lowest BCUT2D eigenvalue weighted by molar-refractivity contribution is -0.116. The van der Waals surface area contributed by atoms with Crippen molar-refractivity contribution >= 4 is 17.5 Å². The van der Waals surface area contributed by atoms with Crippen molar-refractivity contribution in [3.8, 4) is 11.4 Å². The number of aromatic nitrogens is 5. The van der Waals surface area contributed by atoms with E-state index < -0.39 is 0 Å². The second kappa shape index (κ2) is 7.82. The van der Waals surface area contributed by atoms with Crippen LogP contribution in [-0.4, -0.2) is 37.6 Å². The van der Waals surface area contributed by atoms with Gasteiger partial charge in [-0.3, -0.25) is 9.89 Å². The van der Waals surface area contributed by atoms with Crippen LogP contribution in [0.25, 0.3) is 11.4 Å². The number of nitrogens with zero attached hydrogens (tertiary/aromatic N) is 4. The van der Waals surface area contributed by atoms with Crippen LogP contribution < -0.4 is 10.6 Å². The summed E-state index contributed by atoms with van der Waals surface area (Å²) in [4.78, 5) is 24.2. The Kier molecular flexibility index (Phi) is 5.08. The number of H-pyrrole nitrogens is 1. The first-order chi connectivity index (χ1) is 11.8. The van der Waals surface area contributed by atoms with E-state index in [2.05, 4.69) is 35.8 Å². The number of amides is 1. The number of hydrogen-bond acceptors (Lipinski definition) is 6. The van der Waals surface area contributed by atoms with Crippen molar-refractivity contribution in [1.29, 1.82) is 0 Å². The number of rotatable bonds is 7. The summed E-state index contributed by atoms with van der Waals surface area (Å²) < 4.78 is 0. The molecule has 3 aromatic rings. The molecule has 0 saturated carbocycles. The Labute approximate surface area is 138 Å². The molecule has 24 heavy (non-hydrogen) atoms. The maximum Gasteiger partial charge on any atom is 0.224 e. The SMILES string of the molecule is O=C(CCCNc1ncccn1)Nc1cccc(-c2ncn[nH]2)c1. The molecule has 3 N–H and O–H groups in total. The van der Waals surface area contributed by atoms with Crippen LogP contribution in [0.2, 0.25) is 0 Å². The van der Waals surface area contributed by atoms with Gasteiger partial charge in [0.2, 0.25) is 11.9 Å². The van der Waals surface area contributed by atoms with Gasteiger partial charge in [-0.25, -0.2) is 15.0 Å². The van der Waals surface area contributed by atoms with Crippen molar-refractivity contribution in [1.82, 2.24) is 25.1 Å². The largest absolute Gasteiger partial charge is 0.354 e. The fourth-order valence-corrected chi connectivity index (χ4v) is 2.15. The van der Waals surface area contributed by atoms with E-state index in [9.17, 15) is 4.79 Å². The van der Waals surface area contributed by atoms with Crippen molar-refractivity contribution in [2.45, 2.75) is 12.8 Å². The van der Waals surface area contributed by atoms with E-state index in [1.807, 2.05) is 24.3 Å². The standard InChI is InChI=1S/C16H17N7O/c24-14(6-2-7-17-16-18-8-3-9-19-16)22-13-5-1-4-12(10-13)15-20-11-21-23-15/h1,3-5,8-11H,2,6-7H2,(H,22,24)(H,17,18,19)(H,20,21,23). The Morgan fingerprint density at radius 2 is 2.00 bits per heavy atom. The summed E-state index contributed by atoms with van der Waals surface area (Å²) in [6.45, 7) is 0.634. The van der Waals surface area contributed by atoms with E-state index in [4.69, 9.17) is 0 Å². The second-order valence-corrected chi connectivity index (χ2v) is 5.07. The summed E-state index contributed by atoms with van der Waals surface area (Å²) in [6.07, 6.45) is 5.88. The molecule has 0 spiro atoms. The lowest BCUT2D eigenvalue weighted by atomic mass is 10.2. The highest BCUT2D eigenvalue weighted by molar-refractivity contribution is 5.91. The zero-order chi connectivity index (χ0) is 16.6. The minimum atomic E-state index is -0.0412. The molecule has 0 fully saturated rings. The Bertz CT molecular complexity index is 774. The number of hydrogen-bond donors (Lipinski definition) is 3. The van der Waals surface area contributed by atoms with Gasteiger partial charge in [-0.1, -0.05) is 12.1 Å². The average molecular weight is 323 g/mol. The fourth-order valence-electron chi connectivity index (χ4n) is 2.15. The highest BCUT2D eigenvalue weighted by atomic mass is 16.1. The van der Waals surface area contributed by atoms with E-state index in [1.54, 1.807) is 18.5 Å². The van der Waals surface area contributed by atoms with Crippen LogP contribution in [0.5, 0.6) is 0 Å². The van der Waals surface area contributed by atoms with Crippen molar-refractivity contribution in [2.75, 3.05) is 17.2 Å². The van der Waals surface area contributed by atoms with Crippen LogP contribution in [0.15, 0.2) is 49.1 Å². The van der Waals surface area contributed by atoms with Crippen LogP contribution in [-0.2, 0) is 4.79 Å². The van der Waals surface area contributed by atoms with Gasteiger partial charge >= 0.3 is 0 Å². The van der Waals surface area contributed by atoms with Gasteiger partial charge in [0.15, 0.2) is 5.82 Å². The first-order valence-corrected chi connectivity index (χ1v) is 7.58. The Hall–Kier alpha value is -3.29. The van der Waals surface area contributed by atoms with Crippen molar-refractivity contribution in [2.24, 2.45) is 0 Å². The van der Waals surface area contributed by atoms with Gasteiger partial charge in [0.05, 0.1) is 0 Å². The summed E-state index contributed by atoms with van der Waals surface area (Å²) in [5.74, 6) is 1.19. The number of benzene rings is 1. The van der Waals surface area contributed by atoms with Gasteiger partial charge in [0, 0.05) is 36.6 Å². The molecule has 8 heteroatoms. The number of nitrogens with one attached hydrogen (secondary N) is 3. The molecule has 0 aliphatic carbocycles. The number of carbonyl (C=O) groups is 1. The fraction of sp³-hybridized carbons (Fsp3) is 0.188. The normalized spacial score (nSPS) is 10.3. The quantitative estimate of drug-likeness (QED) is 0.575. The molecule has 0 unspecified atom stereocenters. The maximum atomic E-state index is 12.0. The molecular weight excluding hydrogens is 306 g/mol. The maximum absolute atomic E-state index is 12.0. The molecule has 0 bridgehead atoms. The molecule has 0 aliphatic heterocycles. The lowest BCUT2D eigenvalue weighted by Crippen LogP contribution is -2.14. The molecular formula is C16H17N7O. The van der Waals surface area contributed by atoms with Crippen molar-refractivity contribution < 1.29 is 4.79 Å². The second-order valence-electron chi connectivity index (χ2n) is 5.07. The molecule has 122 valence electrons. The van der Waals surface area contributed by atoms with Crippen LogP contribution in [0, 0.1) is 0 Å². The lowest BCUT2D eigenvalue weighted by Gasteiger charge is -2.07. The Morgan fingerprint density at radius 1 is 1.12 bits per heavy atom.